The van der Waals surface area contributed by atoms with Crippen LogP contribution < -0.4 is 9.47 Å². The number of benzene rings is 2. The molecular weight excluding hydrogens is 450 g/mol. The van der Waals surface area contributed by atoms with Gasteiger partial charge in [-0.15, -0.1) is 0 Å². The first-order valence-corrected chi connectivity index (χ1v) is 11.6. The van der Waals surface area contributed by atoms with Gasteiger partial charge in [0.25, 0.3) is 5.89 Å². The molecule has 4 aromatic rings. The lowest BCUT2D eigenvalue weighted by Gasteiger charge is -2.36. The molecule has 3 heterocycles. The fourth-order valence-electron chi connectivity index (χ4n) is 4.19. The Balaban J connectivity index is 1.32. The topological polar surface area (TPSA) is 100 Å². The third kappa shape index (κ3) is 4.72. The highest BCUT2D eigenvalue weighted by atomic mass is 16.5. The summed E-state index contributed by atoms with van der Waals surface area (Å²) in [4.78, 5) is 18.3. The van der Waals surface area contributed by atoms with Gasteiger partial charge in [-0.05, 0) is 56.3 Å². The van der Waals surface area contributed by atoms with Crippen LogP contribution in [0.2, 0.25) is 0 Å². The second kappa shape index (κ2) is 9.79. The highest BCUT2D eigenvalue weighted by Gasteiger charge is 2.33. The van der Waals surface area contributed by atoms with Gasteiger partial charge in [0.15, 0.2) is 11.5 Å². The highest BCUT2D eigenvalue weighted by Crippen LogP contribution is 2.34. The van der Waals surface area contributed by atoms with Crippen LogP contribution in [-0.2, 0) is 16.1 Å². The molecule has 0 spiro atoms. The summed E-state index contributed by atoms with van der Waals surface area (Å²) < 4.78 is 27.7. The molecule has 2 aromatic carbocycles. The van der Waals surface area contributed by atoms with E-state index in [0.717, 1.165) is 27.9 Å². The van der Waals surface area contributed by atoms with Crippen molar-refractivity contribution in [2.75, 3.05) is 33.4 Å². The Bertz CT molecular complexity index is 1340. The van der Waals surface area contributed by atoms with Crippen molar-refractivity contribution in [1.29, 1.82) is 0 Å². The molecule has 35 heavy (non-hydrogen) atoms. The Kier molecular flexibility index (Phi) is 6.41. The maximum absolute atomic E-state index is 11.6. The van der Waals surface area contributed by atoms with Gasteiger partial charge in [0, 0.05) is 29.6 Å². The second-order valence-corrected chi connectivity index (χ2v) is 8.33. The average molecular weight is 478 g/mol. The van der Waals surface area contributed by atoms with Crippen LogP contribution in [-0.4, -0.2) is 54.4 Å². The summed E-state index contributed by atoms with van der Waals surface area (Å²) in [5.74, 6) is 2.83. The van der Waals surface area contributed by atoms with E-state index in [1.165, 1.54) is 7.11 Å². The summed E-state index contributed by atoms with van der Waals surface area (Å²) in [5, 5.41) is 5.13. The van der Waals surface area contributed by atoms with Crippen molar-refractivity contribution >= 4 is 16.9 Å². The van der Waals surface area contributed by atoms with Crippen molar-refractivity contribution < 1.29 is 27.9 Å². The molecule has 1 aliphatic heterocycles. The summed E-state index contributed by atoms with van der Waals surface area (Å²) in [5.41, 5.74) is 2.36. The number of furan rings is 1. The van der Waals surface area contributed by atoms with E-state index in [9.17, 15) is 4.79 Å². The van der Waals surface area contributed by atoms with E-state index in [2.05, 4.69) is 15.0 Å². The lowest BCUT2D eigenvalue weighted by Crippen LogP contribution is -2.49. The van der Waals surface area contributed by atoms with Gasteiger partial charge < -0.3 is 23.2 Å². The number of ether oxygens (including phenoxy) is 3. The molecule has 0 atom stereocenters. The molecule has 0 bridgehead atoms. The number of rotatable bonds is 9. The van der Waals surface area contributed by atoms with Gasteiger partial charge in [0.2, 0.25) is 5.82 Å². The molecule has 0 radical (unpaired) electrons. The number of hydrogen-bond donors (Lipinski definition) is 0. The van der Waals surface area contributed by atoms with Crippen molar-refractivity contribution in [3.05, 3.63) is 48.2 Å². The van der Waals surface area contributed by atoms with Crippen LogP contribution in [0.5, 0.6) is 11.5 Å². The van der Waals surface area contributed by atoms with Crippen LogP contribution in [0, 0.1) is 5.92 Å². The average Bonchev–Trinajstić information content (AvgIpc) is 3.48. The highest BCUT2D eigenvalue weighted by molar-refractivity contribution is 5.83. The number of hydrogen-bond acceptors (Lipinski definition) is 9. The Morgan fingerprint density at radius 3 is 2.57 bits per heavy atom. The zero-order valence-corrected chi connectivity index (χ0v) is 19.9. The normalized spacial score (nSPS) is 14.1. The molecule has 1 aliphatic rings. The largest absolute Gasteiger partial charge is 0.490 e. The van der Waals surface area contributed by atoms with E-state index in [-0.39, 0.29) is 11.9 Å². The fraction of sp³-hybridized carbons (Fsp3) is 0.346. The number of carbonyl (C=O) groups excluding carboxylic acids is 1. The Morgan fingerprint density at radius 2 is 1.80 bits per heavy atom. The summed E-state index contributed by atoms with van der Waals surface area (Å²) in [7, 11) is 1.42. The molecular formula is C26H27N3O6. The smallest absolute Gasteiger partial charge is 0.311 e. The molecule has 0 aliphatic carbocycles. The predicted octanol–water partition coefficient (Wildman–Crippen LogP) is 4.55. The molecule has 5 rings (SSSR count). The molecule has 0 saturated carbocycles. The standard InChI is InChI=1S/C26H27N3O6/c1-4-32-22-9-7-17(12-23(22)33-5-2)25-27-24(28-35-25)16-6-8-21-18(10-16)11-20(34-21)15-29-13-19(14-29)26(30)31-3/h6-12,19H,4-5,13-15H2,1-3H3. The van der Waals surface area contributed by atoms with Gasteiger partial charge in [0.1, 0.15) is 11.3 Å². The van der Waals surface area contributed by atoms with Crippen molar-refractivity contribution in [3.8, 4) is 34.3 Å². The van der Waals surface area contributed by atoms with Crippen LogP contribution in [0.3, 0.4) is 0 Å². The van der Waals surface area contributed by atoms with E-state index < -0.39 is 0 Å². The first-order chi connectivity index (χ1) is 17.1. The van der Waals surface area contributed by atoms with Gasteiger partial charge in [-0.2, -0.15) is 4.98 Å². The lowest BCUT2D eigenvalue weighted by atomic mass is 10.0. The quantitative estimate of drug-likeness (QED) is 0.321. The van der Waals surface area contributed by atoms with E-state index in [0.29, 0.717) is 56.1 Å². The minimum atomic E-state index is -0.158. The predicted molar refractivity (Wildman–Crippen MR) is 128 cm³/mol. The number of nitrogens with zero attached hydrogens (tertiary/aromatic N) is 3. The molecule has 9 heteroatoms. The van der Waals surface area contributed by atoms with Crippen LogP contribution in [0.15, 0.2) is 51.4 Å². The number of methoxy groups -OCH3 is 1. The van der Waals surface area contributed by atoms with E-state index in [1.807, 2.05) is 56.3 Å². The number of fused-ring (bicyclic) bond motifs is 1. The Morgan fingerprint density at radius 1 is 1.03 bits per heavy atom. The Labute approximate surface area is 202 Å². The molecule has 2 aromatic heterocycles. The second-order valence-electron chi connectivity index (χ2n) is 8.33. The van der Waals surface area contributed by atoms with Crippen LogP contribution in [0.4, 0.5) is 0 Å². The summed E-state index contributed by atoms with van der Waals surface area (Å²) >= 11 is 0. The van der Waals surface area contributed by atoms with Gasteiger partial charge in [-0.3, -0.25) is 9.69 Å². The summed E-state index contributed by atoms with van der Waals surface area (Å²) in [6.07, 6.45) is 0. The maximum atomic E-state index is 11.6. The third-order valence-corrected chi connectivity index (χ3v) is 5.91. The van der Waals surface area contributed by atoms with Crippen molar-refractivity contribution in [1.82, 2.24) is 15.0 Å². The van der Waals surface area contributed by atoms with E-state index >= 15 is 0 Å². The minimum absolute atomic E-state index is 0.0524. The minimum Gasteiger partial charge on any atom is -0.490 e. The van der Waals surface area contributed by atoms with Gasteiger partial charge in [-0.25, -0.2) is 0 Å². The summed E-state index contributed by atoms with van der Waals surface area (Å²) in [6, 6.07) is 13.4. The molecule has 1 saturated heterocycles. The molecule has 9 nitrogen and oxygen atoms in total. The van der Waals surface area contributed by atoms with Crippen molar-refractivity contribution in [3.63, 3.8) is 0 Å². The first kappa shape index (κ1) is 22.9. The Hall–Kier alpha value is -3.85. The molecule has 0 amide bonds. The zero-order chi connectivity index (χ0) is 24.4. The molecule has 1 fully saturated rings. The van der Waals surface area contributed by atoms with Crippen LogP contribution >= 0.6 is 0 Å². The molecule has 182 valence electrons. The van der Waals surface area contributed by atoms with Crippen LogP contribution in [0.25, 0.3) is 33.8 Å². The number of carbonyl (C=O) groups is 1. The van der Waals surface area contributed by atoms with Crippen molar-refractivity contribution in [2.24, 2.45) is 5.92 Å². The fourth-order valence-corrected chi connectivity index (χ4v) is 4.19. The lowest BCUT2D eigenvalue weighted by molar-refractivity contribution is -0.151. The number of esters is 1. The van der Waals surface area contributed by atoms with E-state index in [4.69, 9.17) is 23.2 Å². The molecule has 0 unspecified atom stereocenters. The summed E-state index contributed by atoms with van der Waals surface area (Å²) in [6.45, 7) is 6.92. The van der Waals surface area contributed by atoms with Gasteiger partial charge in [-0.1, -0.05) is 5.16 Å². The van der Waals surface area contributed by atoms with Crippen molar-refractivity contribution in [2.45, 2.75) is 20.4 Å². The third-order valence-electron chi connectivity index (χ3n) is 5.91. The maximum Gasteiger partial charge on any atom is 0.311 e. The molecule has 0 N–H and O–H groups in total. The number of likely N-dealkylation sites (tertiary alicyclic amines) is 1. The first-order valence-electron chi connectivity index (χ1n) is 11.6. The van der Waals surface area contributed by atoms with Crippen LogP contribution in [0.1, 0.15) is 19.6 Å². The van der Waals surface area contributed by atoms with E-state index in [1.54, 1.807) is 0 Å². The number of aromatic nitrogens is 2. The van der Waals surface area contributed by atoms with Gasteiger partial charge >= 0.3 is 5.97 Å². The monoisotopic (exact) mass is 477 g/mol. The SMILES string of the molecule is CCOc1ccc(-c2nc(-c3ccc4oc(CN5CC(C(=O)OC)C5)cc4c3)no2)cc1OCC. The van der Waals surface area contributed by atoms with Gasteiger partial charge in [0.05, 0.1) is 32.8 Å². The zero-order valence-electron chi connectivity index (χ0n) is 19.9.